The highest BCUT2D eigenvalue weighted by molar-refractivity contribution is 7.47. The number of imidazole rings is 1. The van der Waals surface area contributed by atoms with Crippen LogP contribution in [-0.2, 0) is 41.1 Å². The molecule has 0 aliphatic carbocycles. The predicted molar refractivity (Wildman–Crippen MR) is 120 cm³/mol. The Morgan fingerprint density at radius 1 is 1.11 bits per heavy atom. The molecule has 0 saturated carbocycles. The molecule has 1 saturated heterocycles. The van der Waals surface area contributed by atoms with Crippen molar-refractivity contribution in [3.8, 4) is 0 Å². The molecule has 21 nitrogen and oxygen atoms in total. The van der Waals surface area contributed by atoms with Gasteiger partial charge in [0.1, 0.15) is 24.4 Å². The average Bonchev–Trinajstić information content (AvgIpc) is 3.35. The largest absolute Gasteiger partial charge is 0.472 e. The van der Waals surface area contributed by atoms with Gasteiger partial charge in [-0.15, -0.1) is 0 Å². The van der Waals surface area contributed by atoms with Gasteiger partial charge in [-0.1, -0.05) is 0 Å². The zero-order chi connectivity index (χ0) is 28.5. The quantitative estimate of drug-likeness (QED) is 0.110. The topological polar surface area (TPSA) is 318 Å². The number of aromatic nitrogens is 4. The first kappa shape index (κ1) is 30.9. The van der Waals surface area contributed by atoms with Crippen molar-refractivity contribution in [2.75, 3.05) is 32.7 Å². The van der Waals surface area contributed by atoms with E-state index < -0.39 is 79.5 Å². The number of aliphatic hydroxyl groups is 2. The molecule has 0 amide bonds. The Morgan fingerprint density at radius 2 is 1.74 bits per heavy atom. The number of phosphoric ester groups is 3. The minimum absolute atomic E-state index is 0.0838. The third-order valence-corrected chi connectivity index (χ3v) is 7.29. The summed E-state index contributed by atoms with van der Waals surface area (Å²) in [6.45, 7) is -2.93. The lowest BCUT2D eigenvalue weighted by Crippen LogP contribution is -2.33. The summed E-state index contributed by atoms with van der Waals surface area (Å²) in [4.78, 5) is 59.0. The molecule has 38 heavy (non-hydrogen) atoms. The third kappa shape index (κ3) is 7.95. The highest BCUT2D eigenvalue weighted by atomic mass is 31.2. The van der Waals surface area contributed by atoms with Crippen LogP contribution in [0.25, 0.3) is 11.2 Å². The number of ether oxygens (including phenoxy) is 1. The number of fused-ring (bicyclic) bond motifs is 1. The van der Waals surface area contributed by atoms with Crippen LogP contribution in [0.4, 0.5) is 5.95 Å². The molecule has 9 N–H and O–H groups in total. The average molecular weight is 611 g/mol. The maximum atomic E-state index is 12.3. The smallest absolute Gasteiger partial charge is 0.387 e. The fourth-order valence-electron chi connectivity index (χ4n) is 3.14. The zero-order valence-corrected chi connectivity index (χ0v) is 21.8. The lowest BCUT2D eigenvalue weighted by Gasteiger charge is -2.21. The molecule has 24 heteroatoms. The summed E-state index contributed by atoms with van der Waals surface area (Å²) < 4.78 is 63.5. The molecule has 1 fully saturated rings. The lowest BCUT2D eigenvalue weighted by atomic mass is 10.1. The molecule has 3 unspecified atom stereocenters. The van der Waals surface area contributed by atoms with Crippen molar-refractivity contribution in [2.24, 2.45) is 0 Å². The van der Waals surface area contributed by atoms with Gasteiger partial charge in [0.05, 0.1) is 26.1 Å². The van der Waals surface area contributed by atoms with Crippen LogP contribution in [0.2, 0.25) is 0 Å². The van der Waals surface area contributed by atoms with Gasteiger partial charge in [0.25, 0.3) is 5.56 Å². The SMILES string of the molecule is COP(=O)(O)OCC(COP(=O)(O)OC[C@H]1O[C@@H](n2cnc3c(=O)[nH]c(N)nc32)[C@H](O)[C@@H]1O)OP(=O)(O)O. The van der Waals surface area contributed by atoms with E-state index in [-0.39, 0.29) is 17.1 Å². The van der Waals surface area contributed by atoms with Gasteiger partial charge >= 0.3 is 23.5 Å². The molecule has 216 valence electrons. The van der Waals surface area contributed by atoms with E-state index in [4.69, 9.17) is 24.8 Å². The van der Waals surface area contributed by atoms with Crippen LogP contribution in [0, 0.1) is 0 Å². The first-order chi connectivity index (χ1) is 17.5. The summed E-state index contributed by atoms with van der Waals surface area (Å²) in [5.41, 5.74) is 4.62. The van der Waals surface area contributed by atoms with E-state index in [1.807, 2.05) is 0 Å². The van der Waals surface area contributed by atoms with Gasteiger partial charge in [0.15, 0.2) is 17.4 Å². The number of anilines is 1. The first-order valence-electron chi connectivity index (χ1n) is 10.1. The Bertz CT molecular complexity index is 1330. The van der Waals surface area contributed by atoms with E-state index >= 15 is 0 Å². The van der Waals surface area contributed by atoms with Gasteiger partial charge in [0.2, 0.25) is 5.95 Å². The minimum atomic E-state index is -5.20. The zero-order valence-electron chi connectivity index (χ0n) is 19.1. The van der Waals surface area contributed by atoms with Gasteiger partial charge in [-0.2, -0.15) is 4.98 Å². The number of rotatable bonds is 13. The van der Waals surface area contributed by atoms with Crippen LogP contribution in [0.5, 0.6) is 0 Å². The Balaban J connectivity index is 1.63. The number of nitrogens with zero attached hydrogens (tertiary/aromatic N) is 3. The number of aliphatic hydroxyl groups excluding tert-OH is 2. The number of phosphoric acid groups is 3. The molecule has 0 spiro atoms. The second kappa shape index (κ2) is 11.8. The Labute approximate surface area is 211 Å². The van der Waals surface area contributed by atoms with E-state index in [2.05, 4.69) is 33.0 Å². The standard InChI is InChI=1S/C14H24N5O16P3/c1-30-37(26,27)31-2-6(35-36(23,24)25)3-32-38(28,29)33-4-7-9(20)10(21)13(34-7)19-5-16-8-11(19)17-14(15)18-12(8)22/h5-7,9-10,13,20-21H,2-4H2,1H3,(H,26,27)(H,28,29)(H2,23,24,25)(H3,15,17,18,22)/t6?,7-,9-,10-,13-/m1/s1. The van der Waals surface area contributed by atoms with Crippen molar-refractivity contribution >= 4 is 40.6 Å². The second-order valence-corrected chi connectivity index (χ2v) is 11.8. The maximum Gasteiger partial charge on any atom is 0.472 e. The highest BCUT2D eigenvalue weighted by Crippen LogP contribution is 2.47. The van der Waals surface area contributed by atoms with Crippen LogP contribution in [0.3, 0.4) is 0 Å². The molecule has 0 aromatic carbocycles. The molecule has 3 heterocycles. The molecular weight excluding hydrogens is 587 g/mol. The number of nitrogen functional groups attached to an aromatic ring is 1. The van der Waals surface area contributed by atoms with Crippen LogP contribution in [0.1, 0.15) is 6.23 Å². The Morgan fingerprint density at radius 3 is 2.34 bits per heavy atom. The minimum Gasteiger partial charge on any atom is -0.387 e. The normalized spacial score (nSPS) is 26.3. The van der Waals surface area contributed by atoms with Crippen molar-refractivity contribution in [2.45, 2.75) is 30.6 Å². The summed E-state index contributed by atoms with van der Waals surface area (Å²) in [7, 11) is -14.0. The molecular formula is C14H24N5O16P3. The summed E-state index contributed by atoms with van der Waals surface area (Å²) in [6, 6.07) is 0. The van der Waals surface area contributed by atoms with Crippen molar-refractivity contribution in [3.63, 3.8) is 0 Å². The van der Waals surface area contributed by atoms with Crippen LogP contribution < -0.4 is 11.3 Å². The monoisotopic (exact) mass is 611 g/mol. The molecule has 1 aliphatic rings. The van der Waals surface area contributed by atoms with Gasteiger partial charge < -0.3 is 40.3 Å². The van der Waals surface area contributed by atoms with Crippen LogP contribution in [0.15, 0.2) is 11.1 Å². The second-order valence-electron chi connectivity index (χ2n) is 7.55. The van der Waals surface area contributed by atoms with Gasteiger partial charge in [-0.05, 0) is 0 Å². The van der Waals surface area contributed by atoms with E-state index in [0.29, 0.717) is 0 Å². The summed E-state index contributed by atoms with van der Waals surface area (Å²) >= 11 is 0. The fourth-order valence-corrected chi connectivity index (χ4v) is 4.88. The number of nitrogens with one attached hydrogen (secondary N) is 1. The highest BCUT2D eigenvalue weighted by Gasteiger charge is 2.45. The number of aromatic amines is 1. The van der Waals surface area contributed by atoms with E-state index in [0.717, 1.165) is 18.0 Å². The number of nitrogens with two attached hydrogens (primary N) is 1. The molecule has 0 bridgehead atoms. The van der Waals surface area contributed by atoms with Crippen molar-refractivity contribution < 1.29 is 70.8 Å². The van der Waals surface area contributed by atoms with Gasteiger partial charge in [-0.3, -0.25) is 37.0 Å². The van der Waals surface area contributed by atoms with E-state index in [1.165, 1.54) is 0 Å². The predicted octanol–water partition coefficient (Wildman–Crippen LogP) is -2.30. The number of hydrogen-bond acceptors (Lipinski definition) is 15. The Hall–Kier alpha value is -1.64. The van der Waals surface area contributed by atoms with Crippen molar-refractivity contribution in [3.05, 3.63) is 16.7 Å². The van der Waals surface area contributed by atoms with E-state index in [1.54, 1.807) is 0 Å². The van der Waals surface area contributed by atoms with Gasteiger partial charge in [-0.25, -0.2) is 18.7 Å². The molecule has 2 aromatic rings. The molecule has 3 rings (SSSR count). The fraction of sp³-hybridized carbons (Fsp3) is 0.643. The third-order valence-electron chi connectivity index (χ3n) is 4.83. The molecule has 1 aliphatic heterocycles. The lowest BCUT2D eigenvalue weighted by molar-refractivity contribution is -0.0526. The summed E-state index contributed by atoms with van der Waals surface area (Å²) in [5.74, 6) is -0.258. The van der Waals surface area contributed by atoms with Crippen LogP contribution >= 0.6 is 23.5 Å². The van der Waals surface area contributed by atoms with Crippen LogP contribution in [-0.4, -0.2) is 101 Å². The molecule has 0 radical (unpaired) electrons. The molecule has 2 aromatic heterocycles. The van der Waals surface area contributed by atoms with E-state index in [9.17, 15) is 38.5 Å². The van der Waals surface area contributed by atoms with Crippen molar-refractivity contribution in [1.29, 1.82) is 0 Å². The van der Waals surface area contributed by atoms with Gasteiger partial charge in [0, 0.05) is 7.11 Å². The number of hydrogen-bond donors (Lipinski definition) is 8. The summed E-state index contributed by atoms with van der Waals surface area (Å²) in [6.07, 6.45) is -6.87. The van der Waals surface area contributed by atoms with Crippen molar-refractivity contribution in [1.82, 2.24) is 19.5 Å². The summed E-state index contributed by atoms with van der Waals surface area (Å²) in [5, 5.41) is 20.7. The first-order valence-corrected chi connectivity index (χ1v) is 14.7. The maximum absolute atomic E-state index is 12.3. The Kier molecular flexibility index (Phi) is 9.63. The molecule has 7 atom stereocenters. The number of H-pyrrole nitrogens is 1.